The molecule has 6 nitrogen and oxygen atoms in total. The number of carbonyl (C=O) groups excluding carboxylic acids is 1. The predicted octanol–water partition coefficient (Wildman–Crippen LogP) is 2.79. The Morgan fingerprint density at radius 1 is 1.23 bits per heavy atom. The Kier molecular flexibility index (Phi) is 5.65. The highest BCUT2D eigenvalue weighted by molar-refractivity contribution is 5.92. The largest absolute Gasteiger partial charge is 0.366 e. The van der Waals surface area contributed by atoms with Gasteiger partial charge >= 0.3 is 0 Å². The molecule has 1 amide bonds. The molecule has 3 rings (SSSR count). The first kappa shape index (κ1) is 18.1. The van der Waals surface area contributed by atoms with Gasteiger partial charge in [0, 0.05) is 38.4 Å². The third-order valence-corrected chi connectivity index (χ3v) is 4.62. The summed E-state index contributed by atoms with van der Waals surface area (Å²) in [6.07, 6.45) is 2.54. The van der Waals surface area contributed by atoms with E-state index in [9.17, 15) is 9.18 Å². The van der Waals surface area contributed by atoms with Crippen LogP contribution in [0.15, 0.2) is 36.5 Å². The van der Waals surface area contributed by atoms with Crippen LogP contribution in [0.5, 0.6) is 0 Å². The van der Waals surface area contributed by atoms with E-state index in [0.717, 1.165) is 6.42 Å². The highest BCUT2D eigenvalue weighted by Crippen LogP contribution is 2.20. The van der Waals surface area contributed by atoms with Crippen molar-refractivity contribution in [2.24, 2.45) is 0 Å². The Labute approximate surface area is 153 Å². The number of nitrogens with zero attached hydrogens (tertiary/aromatic N) is 4. The maximum Gasteiger partial charge on any atom is 0.272 e. The quantitative estimate of drug-likeness (QED) is 0.892. The molecule has 0 bridgehead atoms. The molecule has 0 radical (unpaired) electrons. The van der Waals surface area contributed by atoms with Crippen LogP contribution in [-0.2, 0) is 0 Å². The zero-order valence-corrected chi connectivity index (χ0v) is 15.2. The van der Waals surface area contributed by atoms with Crippen molar-refractivity contribution in [3.8, 4) is 0 Å². The summed E-state index contributed by atoms with van der Waals surface area (Å²) in [6, 6.07) is 8.60. The van der Waals surface area contributed by atoms with E-state index in [1.165, 1.54) is 6.07 Å². The molecule has 26 heavy (non-hydrogen) atoms. The molecule has 0 saturated carbocycles. The SMILES string of the molecule is CCC(C)Nc1nccc(C(=O)N2CCN(c3ccccc3F)CC2)n1. The van der Waals surface area contributed by atoms with E-state index in [1.807, 2.05) is 17.9 Å². The summed E-state index contributed by atoms with van der Waals surface area (Å²) in [5, 5.41) is 3.18. The number of benzene rings is 1. The summed E-state index contributed by atoms with van der Waals surface area (Å²) in [5.41, 5.74) is 0.965. The normalized spacial score (nSPS) is 15.7. The van der Waals surface area contributed by atoms with E-state index >= 15 is 0 Å². The molecule has 1 fully saturated rings. The van der Waals surface area contributed by atoms with Crippen LogP contribution < -0.4 is 10.2 Å². The zero-order valence-electron chi connectivity index (χ0n) is 15.2. The number of hydrogen-bond donors (Lipinski definition) is 1. The van der Waals surface area contributed by atoms with Gasteiger partial charge in [0.05, 0.1) is 5.69 Å². The summed E-state index contributed by atoms with van der Waals surface area (Å²) in [5.74, 6) is 0.117. The lowest BCUT2D eigenvalue weighted by Crippen LogP contribution is -2.49. The molecule has 7 heteroatoms. The van der Waals surface area contributed by atoms with Gasteiger partial charge in [0.2, 0.25) is 5.95 Å². The van der Waals surface area contributed by atoms with Crippen LogP contribution in [0, 0.1) is 5.82 Å². The third kappa shape index (κ3) is 4.09. The average molecular weight is 357 g/mol. The second kappa shape index (κ2) is 8.12. The van der Waals surface area contributed by atoms with Crippen LogP contribution in [0.3, 0.4) is 0 Å². The van der Waals surface area contributed by atoms with Gasteiger partial charge in [-0.15, -0.1) is 0 Å². The first-order chi connectivity index (χ1) is 12.6. The van der Waals surface area contributed by atoms with Crippen LogP contribution in [0.2, 0.25) is 0 Å². The van der Waals surface area contributed by atoms with E-state index in [2.05, 4.69) is 22.2 Å². The molecule has 0 spiro atoms. The van der Waals surface area contributed by atoms with Crippen LogP contribution in [-0.4, -0.2) is 53.0 Å². The highest BCUT2D eigenvalue weighted by Gasteiger charge is 2.24. The molecule has 1 aliphatic heterocycles. The standard InChI is InChI=1S/C19H24FN5O/c1-3-14(2)22-19-21-9-8-16(23-19)18(26)25-12-10-24(11-13-25)17-7-5-4-6-15(17)20/h4-9,14H,3,10-13H2,1-2H3,(H,21,22,23). The molecular formula is C19H24FN5O. The monoisotopic (exact) mass is 357 g/mol. The van der Waals surface area contributed by atoms with Crippen LogP contribution in [0.25, 0.3) is 0 Å². The molecule has 1 N–H and O–H groups in total. The third-order valence-electron chi connectivity index (χ3n) is 4.62. The fraction of sp³-hybridized carbons (Fsp3) is 0.421. The lowest BCUT2D eigenvalue weighted by molar-refractivity contribution is 0.0740. The first-order valence-corrected chi connectivity index (χ1v) is 8.96. The number of halogens is 1. The number of piperazine rings is 1. The molecule has 1 saturated heterocycles. The van der Waals surface area contributed by atoms with Crippen LogP contribution in [0.4, 0.5) is 16.0 Å². The number of carbonyl (C=O) groups is 1. The number of nitrogens with one attached hydrogen (secondary N) is 1. The predicted molar refractivity (Wildman–Crippen MR) is 99.9 cm³/mol. The summed E-state index contributed by atoms with van der Waals surface area (Å²) < 4.78 is 13.9. The Morgan fingerprint density at radius 3 is 2.65 bits per heavy atom. The van der Waals surface area contributed by atoms with Gasteiger partial charge < -0.3 is 15.1 Å². The van der Waals surface area contributed by atoms with Gasteiger partial charge in [-0.1, -0.05) is 19.1 Å². The van der Waals surface area contributed by atoms with E-state index in [0.29, 0.717) is 43.5 Å². The smallest absolute Gasteiger partial charge is 0.272 e. The average Bonchev–Trinajstić information content (AvgIpc) is 2.68. The van der Waals surface area contributed by atoms with Gasteiger partial charge in [-0.2, -0.15) is 0 Å². The van der Waals surface area contributed by atoms with Gasteiger partial charge in [0.15, 0.2) is 0 Å². The summed E-state index contributed by atoms with van der Waals surface area (Å²) in [7, 11) is 0. The van der Waals surface area contributed by atoms with Crippen molar-refractivity contribution in [3.05, 3.63) is 48.0 Å². The van der Waals surface area contributed by atoms with E-state index < -0.39 is 0 Å². The van der Waals surface area contributed by atoms with Crippen molar-refractivity contribution in [2.75, 3.05) is 36.4 Å². The van der Waals surface area contributed by atoms with E-state index in [-0.39, 0.29) is 17.8 Å². The molecule has 1 unspecified atom stereocenters. The van der Waals surface area contributed by atoms with Crippen molar-refractivity contribution in [1.82, 2.24) is 14.9 Å². The fourth-order valence-corrected chi connectivity index (χ4v) is 2.89. The van der Waals surface area contributed by atoms with Crippen molar-refractivity contribution in [2.45, 2.75) is 26.3 Å². The second-order valence-electron chi connectivity index (χ2n) is 6.45. The van der Waals surface area contributed by atoms with Gasteiger partial charge in [-0.05, 0) is 31.5 Å². The maximum absolute atomic E-state index is 13.9. The highest BCUT2D eigenvalue weighted by atomic mass is 19.1. The Bertz CT molecular complexity index is 761. The molecule has 2 heterocycles. The number of rotatable bonds is 5. The minimum Gasteiger partial charge on any atom is -0.366 e. The minimum absolute atomic E-state index is 0.118. The van der Waals surface area contributed by atoms with Gasteiger partial charge in [0.1, 0.15) is 11.5 Å². The number of para-hydroxylation sites is 1. The number of aromatic nitrogens is 2. The number of hydrogen-bond acceptors (Lipinski definition) is 5. The first-order valence-electron chi connectivity index (χ1n) is 8.96. The van der Waals surface area contributed by atoms with Gasteiger partial charge in [-0.25, -0.2) is 14.4 Å². The van der Waals surface area contributed by atoms with Crippen molar-refractivity contribution in [3.63, 3.8) is 0 Å². The van der Waals surface area contributed by atoms with E-state index in [1.54, 1.807) is 29.3 Å². The molecule has 1 aliphatic rings. The molecule has 138 valence electrons. The van der Waals surface area contributed by atoms with Crippen molar-refractivity contribution in [1.29, 1.82) is 0 Å². The Hall–Kier alpha value is -2.70. The van der Waals surface area contributed by atoms with Gasteiger partial charge in [0.25, 0.3) is 5.91 Å². The lowest BCUT2D eigenvalue weighted by Gasteiger charge is -2.36. The molecule has 1 aromatic heterocycles. The minimum atomic E-state index is -0.233. The van der Waals surface area contributed by atoms with Crippen LogP contribution >= 0.6 is 0 Å². The lowest BCUT2D eigenvalue weighted by atomic mass is 10.2. The second-order valence-corrected chi connectivity index (χ2v) is 6.45. The van der Waals surface area contributed by atoms with Crippen molar-refractivity contribution < 1.29 is 9.18 Å². The molecular weight excluding hydrogens is 333 g/mol. The molecule has 2 aromatic rings. The fourth-order valence-electron chi connectivity index (χ4n) is 2.89. The van der Waals surface area contributed by atoms with Crippen molar-refractivity contribution >= 4 is 17.5 Å². The molecule has 1 atom stereocenters. The molecule has 1 aromatic carbocycles. The number of anilines is 2. The zero-order chi connectivity index (χ0) is 18.5. The maximum atomic E-state index is 13.9. The topological polar surface area (TPSA) is 61.4 Å². The summed E-state index contributed by atoms with van der Waals surface area (Å²) >= 11 is 0. The van der Waals surface area contributed by atoms with Crippen LogP contribution in [0.1, 0.15) is 30.8 Å². The van der Waals surface area contributed by atoms with E-state index in [4.69, 9.17) is 0 Å². The Balaban J connectivity index is 1.63. The van der Waals surface area contributed by atoms with Gasteiger partial charge in [-0.3, -0.25) is 4.79 Å². The number of amides is 1. The summed E-state index contributed by atoms with van der Waals surface area (Å²) in [6.45, 7) is 6.36. The molecule has 0 aliphatic carbocycles. The summed E-state index contributed by atoms with van der Waals surface area (Å²) in [4.78, 5) is 25.0. The Morgan fingerprint density at radius 2 is 1.96 bits per heavy atom.